The first-order chi connectivity index (χ1) is 11.7. The summed E-state index contributed by atoms with van der Waals surface area (Å²) in [5.41, 5.74) is 1.13. The minimum atomic E-state index is -3.71. The van der Waals surface area contributed by atoms with E-state index in [9.17, 15) is 18.5 Å². The number of sulfone groups is 1. The molecule has 7 nitrogen and oxygen atoms in total. The van der Waals surface area contributed by atoms with Gasteiger partial charge in [0.05, 0.1) is 11.5 Å². The van der Waals surface area contributed by atoms with Crippen molar-refractivity contribution in [2.45, 2.75) is 24.8 Å². The molecule has 0 aliphatic rings. The molecule has 0 saturated heterocycles. The average Bonchev–Trinajstić information content (AvgIpc) is 2.51. The molecular weight excluding hydrogens is 344 g/mol. The zero-order chi connectivity index (χ0) is 18.6. The van der Waals surface area contributed by atoms with Crippen LogP contribution in [0.5, 0.6) is 5.75 Å². The van der Waals surface area contributed by atoms with Crippen molar-refractivity contribution < 1.29 is 18.1 Å². The van der Waals surface area contributed by atoms with E-state index in [1.54, 1.807) is 0 Å². The van der Waals surface area contributed by atoms with E-state index in [-0.39, 0.29) is 11.0 Å². The normalized spacial score (nSPS) is 12.4. The summed E-state index contributed by atoms with van der Waals surface area (Å²) in [5.74, 6) is 0.745. The van der Waals surface area contributed by atoms with Crippen LogP contribution in [0.2, 0.25) is 0 Å². The third-order valence-corrected chi connectivity index (χ3v) is 4.60. The highest BCUT2D eigenvalue weighted by Gasteiger charge is 2.22. The first kappa shape index (κ1) is 18.7. The lowest BCUT2D eigenvalue weighted by Gasteiger charge is -2.17. The quantitative estimate of drug-likeness (QED) is 0.598. The number of nitrogens with one attached hydrogen (secondary N) is 1. The highest BCUT2D eigenvalue weighted by atomic mass is 32.2. The fourth-order valence-electron chi connectivity index (χ4n) is 2.30. The fraction of sp³-hybridized carbons (Fsp3) is 0.294. The van der Waals surface area contributed by atoms with Crippen molar-refractivity contribution >= 4 is 21.2 Å². The Bertz CT molecular complexity index is 880. The highest BCUT2D eigenvalue weighted by molar-refractivity contribution is 7.90. The Morgan fingerprint density at radius 3 is 2.56 bits per heavy atom. The van der Waals surface area contributed by atoms with Crippen LogP contribution in [0.1, 0.15) is 12.5 Å². The molecule has 0 saturated carbocycles. The number of anilines is 1. The van der Waals surface area contributed by atoms with E-state index in [4.69, 9.17) is 4.74 Å². The van der Waals surface area contributed by atoms with Gasteiger partial charge in [0.15, 0.2) is 9.84 Å². The van der Waals surface area contributed by atoms with Gasteiger partial charge in [0.1, 0.15) is 16.7 Å². The Labute approximate surface area is 146 Å². The number of hydrogen-bond acceptors (Lipinski definition) is 6. The van der Waals surface area contributed by atoms with E-state index in [0.717, 1.165) is 17.6 Å². The van der Waals surface area contributed by atoms with Crippen molar-refractivity contribution in [2.24, 2.45) is 0 Å². The van der Waals surface area contributed by atoms with Crippen LogP contribution >= 0.6 is 0 Å². The van der Waals surface area contributed by atoms with E-state index < -0.39 is 20.4 Å². The summed E-state index contributed by atoms with van der Waals surface area (Å²) < 4.78 is 29.3. The van der Waals surface area contributed by atoms with Crippen LogP contribution in [0, 0.1) is 17.0 Å². The predicted molar refractivity (Wildman–Crippen MR) is 96.0 cm³/mol. The molecule has 0 amide bonds. The van der Waals surface area contributed by atoms with Crippen LogP contribution in [-0.4, -0.2) is 32.2 Å². The lowest BCUT2D eigenvalue weighted by Crippen LogP contribution is -2.22. The van der Waals surface area contributed by atoms with Gasteiger partial charge in [-0.3, -0.25) is 10.1 Å². The molecule has 0 bridgehead atoms. The molecule has 0 radical (unpaired) electrons. The van der Waals surface area contributed by atoms with Gasteiger partial charge >= 0.3 is 0 Å². The van der Waals surface area contributed by atoms with Crippen molar-refractivity contribution in [3.05, 3.63) is 58.1 Å². The van der Waals surface area contributed by atoms with E-state index in [2.05, 4.69) is 5.32 Å². The Hall–Kier alpha value is -2.61. The second kappa shape index (κ2) is 7.52. The molecular formula is C17H20N2O5S. The molecule has 0 spiro atoms. The van der Waals surface area contributed by atoms with Gasteiger partial charge in [-0.15, -0.1) is 0 Å². The maximum absolute atomic E-state index is 11.8. The van der Waals surface area contributed by atoms with Crippen LogP contribution in [0.4, 0.5) is 11.4 Å². The molecule has 2 rings (SSSR count). The molecule has 0 fully saturated rings. The molecule has 0 aliphatic carbocycles. The Morgan fingerprint density at radius 2 is 1.96 bits per heavy atom. The van der Waals surface area contributed by atoms with Gasteiger partial charge in [-0.2, -0.15) is 0 Å². The molecule has 1 atom stereocenters. The fourth-order valence-corrected chi connectivity index (χ4v) is 3.16. The molecule has 25 heavy (non-hydrogen) atoms. The Balaban J connectivity index is 2.09. The second-order valence-corrected chi connectivity index (χ2v) is 7.82. The molecule has 8 heteroatoms. The summed E-state index contributed by atoms with van der Waals surface area (Å²) in [7, 11) is -3.71. The standard InChI is InChI=1S/C17H20N2O5S/c1-12-5-4-6-15(9-12)24-13(2)11-18-14-7-8-16(19(20)21)17(10-14)25(3,22)23/h4-10,13,18H,11H2,1-3H3. The summed E-state index contributed by atoms with van der Waals surface area (Å²) in [6, 6.07) is 11.6. The van der Waals surface area contributed by atoms with Crippen LogP contribution in [-0.2, 0) is 9.84 Å². The van der Waals surface area contributed by atoms with Gasteiger partial charge in [-0.1, -0.05) is 12.1 Å². The minimum absolute atomic E-state index is 0.182. The molecule has 0 heterocycles. The predicted octanol–water partition coefficient (Wildman–Crippen LogP) is 3.19. The summed E-state index contributed by atoms with van der Waals surface area (Å²) in [4.78, 5) is 9.96. The van der Waals surface area contributed by atoms with Gasteiger partial charge in [0, 0.05) is 18.0 Å². The van der Waals surface area contributed by atoms with E-state index in [1.165, 1.54) is 18.2 Å². The number of ether oxygens (including phenoxy) is 1. The number of nitrogens with zero attached hydrogens (tertiary/aromatic N) is 1. The van der Waals surface area contributed by atoms with Gasteiger partial charge < -0.3 is 10.1 Å². The van der Waals surface area contributed by atoms with Crippen molar-refractivity contribution in [3.63, 3.8) is 0 Å². The number of benzene rings is 2. The molecule has 0 aromatic heterocycles. The van der Waals surface area contributed by atoms with Crippen molar-refractivity contribution in [1.29, 1.82) is 0 Å². The highest BCUT2D eigenvalue weighted by Crippen LogP contribution is 2.27. The first-order valence-electron chi connectivity index (χ1n) is 7.62. The van der Waals surface area contributed by atoms with Crippen LogP contribution in [0.3, 0.4) is 0 Å². The third-order valence-electron chi connectivity index (χ3n) is 3.48. The van der Waals surface area contributed by atoms with E-state index in [1.807, 2.05) is 38.1 Å². The zero-order valence-electron chi connectivity index (χ0n) is 14.2. The number of hydrogen-bond donors (Lipinski definition) is 1. The lowest BCUT2D eigenvalue weighted by molar-refractivity contribution is -0.387. The van der Waals surface area contributed by atoms with Crippen LogP contribution in [0.25, 0.3) is 0 Å². The number of nitro benzene ring substituents is 1. The Morgan fingerprint density at radius 1 is 1.24 bits per heavy atom. The topological polar surface area (TPSA) is 98.5 Å². The second-order valence-electron chi connectivity index (χ2n) is 5.84. The third kappa shape index (κ3) is 5.18. The molecule has 1 N–H and O–H groups in total. The molecule has 134 valence electrons. The number of aryl methyl sites for hydroxylation is 1. The maximum Gasteiger partial charge on any atom is 0.288 e. The minimum Gasteiger partial charge on any atom is -0.489 e. The summed E-state index contributed by atoms with van der Waals surface area (Å²) in [6.07, 6.45) is 0.765. The summed E-state index contributed by atoms with van der Waals surface area (Å²) in [5, 5.41) is 14.0. The lowest BCUT2D eigenvalue weighted by atomic mass is 10.2. The van der Waals surface area contributed by atoms with Gasteiger partial charge in [0.25, 0.3) is 5.69 Å². The monoisotopic (exact) mass is 364 g/mol. The van der Waals surface area contributed by atoms with Gasteiger partial charge in [0.2, 0.25) is 0 Å². The largest absolute Gasteiger partial charge is 0.489 e. The molecule has 0 aliphatic heterocycles. The van der Waals surface area contributed by atoms with Crippen molar-refractivity contribution in [3.8, 4) is 5.75 Å². The van der Waals surface area contributed by atoms with Crippen LogP contribution < -0.4 is 10.1 Å². The summed E-state index contributed by atoms with van der Waals surface area (Å²) >= 11 is 0. The molecule has 1 unspecified atom stereocenters. The molecule has 2 aromatic rings. The smallest absolute Gasteiger partial charge is 0.288 e. The first-order valence-corrected chi connectivity index (χ1v) is 9.51. The van der Waals surface area contributed by atoms with Crippen molar-refractivity contribution in [2.75, 3.05) is 18.1 Å². The number of rotatable bonds is 7. The van der Waals surface area contributed by atoms with E-state index in [0.29, 0.717) is 12.2 Å². The zero-order valence-corrected chi connectivity index (χ0v) is 15.0. The molecule has 2 aromatic carbocycles. The SMILES string of the molecule is Cc1cccc(OC(C)CNc2ccc([N+](=O)[O-])c(S(C)(=O)=O)c2)c1. The van der Waals surface area contributed by atoms with Gasteiger partial charge in [-0.25, -0.2) is 8.42 Å². The van der Waals surface area contributed by atoms with E-state index >= 15 is 0 Å². The van der Waals surface area contributed by atoms with Crippen LogP contribution in [0.15, 0.2) is 47.4 Å². The van der Waals surface area contributed by atoms with Gasteiger partial charge in [-0.05, 0) is 43.7 Å². The summed E-state index contributed by atoms with van der Waals surface area (Å²) in [6.45, 7) is 4.26. The number of nitro groups is 1. The van der Waals surface area contributed by atoms with Crippen molar-refractivity contribution in [1.82, 2.24) is 0 Å². The maximum atomic E-state index is 11.8. The Kier molecular flexibility index (Phi) is 5.63. The average molecular weight is 364 g/mol.